The van der Waals surface area contributed by atoms with Crippen molar-refractivity contribution in [2.24, 2.45) is 0 Å². The van der Waals surface area contributed by atoms with Gasteiger partial charge in [-0.05, 0) is 48.9 Å². The Kier molecular flexibility index (Phi) is 4.41. The smallest absolute Gasteiger partial charge is 0.294 e. The highest BCUT2D eigenvalue weighted by Crippen LogP contribution is 2.23. The summed E-state index contributed by atoms with van der Waals surface area (Å²) in [5, 5.41) is 2.87. The third-order valence-corrected chi connectivity index (χ3v) is 4.16. The maximum absolute atomic E-state index is 12.2. The molecule has 0 spiro atoms. The zero-order chi connectivity index (χ0) is 16.5. The molecule has 0 aromatic heterocycles. The molecular formula is C14H13ClN2O4S. The van der Waals surface area contributed by atoms with Crippen LogP contribution in [0.15, 0.2) is 41.3 Å². The molecule has 4 N–H and O–H groups in total. The third kappa shape index (κ3) is 3.56. The second-order valence-electron chi connectivity index (χ2n) is 4.65. The number of anilines is 2. The van der Waals surface area contributed by atoms with Crippen molar-refractivity contribution in [2.75, 3.05) is 11.1 Å². The fourth-order valence-electron chi connectivity index (χ4n) is 1.84. The van der Waals surface area contributed by atoms with E-state index >= 15 is 0 Å². The van der Waals surface area contributed by atoms with Crippen LogP contribution in [0.25, 0.3) is 0 Å². The number of carbonyl (C=O) groups excluding carboxylic acids is 1. The first-order chi connectivity index (χ1) is 10.2. The van der Waals surface area contributed by atoms with Gasteiger partial charge in [-0.3, -0.25) is 9.35 Å². The highest BCUT2D eigenvalue weighted by molar-refractivity contribution is 7.85. The van der Waals surface area contributed by atoms with Gasteiger partial charge in [-0.15, -0.1) is 0 Å². The van der Waals surface area contributed by atoms with Crippen molar-refractivity contribution in [1.29, 1.82) is 0 Å². The Morgan fingerprint density at radius 3 is 2.50 bits per heavy atom. The van der Waals surface area contributed by atoms with Gasteiger partial charge in [0.2, 0.25) is 0 Å². The molecule has 0 aliphatic carbocycles. The van der Waals surface area contributed by atoms with Gasteiger partial charge < -0.3 is 11.1 Å². The monoisotopic (exact) mass is 340 g/mol. The standard InChI is InChI=1S/C14H13ClN2O4S/c1-8-6-10(22(19,20)21)3-5-13(8)17-14(18)11-7-9(16)2-4-12(11)15/h2-7H,16H2,1H3,(H,17,18)(H,19,20,21). The molecule has 0 aliphatic heterocycles. The topological polar surface area (TPSA) is 109 Å². The Hall–Kier alpha value is -2.09. The van der Waals surface area contributed by atoms with Crippen molar-refractivity contribution in [1.82, 2.24) is 0 Å². The lowest BCUT2D eigenvalue weighted by Crippen LogP contribution is -2.14. The first-order valence-corrected chi connectivity index (χ1v) is 7.95. The average molecular weight is 341 g/mol. The van der Waals surface area contributed by atoms with E-state index in [0.29, 0.717) is 16.9 Å². The Morgan fingerprint density at radius 1 is 1.23 bits per heavy atom. The number of hydrogen-bond acceptors (Lipinski definition) is 4. The van der Waals surface area contributed by atoms with Gasteiger partial charge in [0.15, 0.2) is 0 Å². The van der Waals surface area contributed by atoms with Gasteiger partial charge in [0.25, 0.3) is 16.0 Å². The molecule has 2 aromatic carbocycles. The Labute approximate surface area is 132 Å². The molecule has 22 heavy (non-hydrogen) atoms. The highest BCUT2D eigenvalue weighted by Gasteiger charge is 2.15. The lowest BCUT2D eigenvalue weighted by atomic mass is 10.1. The number of halogens is 1. The summed E-state index contributed by atoms with van der Waals surface area (Å²) in [6, 6.07) is 8.37. The Morgan fingerprint density at radius 2 is 1.91 bits per heavy atom. The minimum absolute atomic E-state index is 0.208. The third-order valence-electron chi connectivity index (χ3n) is 2.98. The quantitative estimate of drug-likeness (QED) is 0.588. The van der Waals surface area contributed by atoms with Crippen molar-refractivity contribution >= 4 is 39.0 Å². The first-order valence-electron chi connectivity index (χ1n) is 6.13. The molecule has 0 radical (unpaired) electrons. The number of nitrogens with one attached hydrogen (secondary N) is 1. The van der Waals surface area contributed by atoms with E-state index in [1.165, 1.54) is 30.3 Å². The van der Waals surface area contributed by atoms with E-state index in [1.807, 2.05) is 0 Å². The summed E-state index contributed by atoms with van der Waals surface area (Å²) in [5.74, 6) is -0.472. The summed E-state index contributed by atoms with van der Waals surface area (Å²) in [5.41, 5.74) is 7.10. The molecule has 1 amide bonds. The zero-order valence-corrected chi connectivity index (χ0v) is 13.1. The molecular weight excluding hydrogens is 328 g/mol. The second kappa shape index (κ2) is 5.96. The van der Waals surface area contributed by atoms with Gasteiger partial charge in [0.05, 0.1) is 15.5 Å². The largest absolute Gasteiger partial charge is 0.399 e. The molecule has 0 atom stereocenters. The van der Waals surface area contributed by atoms with E-state index < -0.39 is 16.0 Å². The summed E-state index contributed by atoms with van der Waals surface area (Å²) in [6.45, 7) is 1.60. The second-order valence-corrected chi connectivity index (χ2v) is 6.47. The normalized spacial score (nSPS) is 11.2. The summed E-state index contributed by atoms with van der Waals surface area (Å²) in [6.07, 6.45) is 0. The van der Waals surface area contributed by atoms with Crippen LogP contribution in [0.1, 0.15) is 15.9 Å². The molecule has 2 aromatic rings. The lowest BCUT2D eigenvalue weighted by molar-refractivity contribution is 0.102. The van der Waals surface area contributed by atoms with Crippen LogP contribution in [-0.2, 0) is 10.1 Å². The van der Waals surface area contributed by atoms with Crippen LogP contribution in [0, 0.1) is 6.92 Å². The van der Waals surface area contributed by atoms with Gasteiger partial charge in [-0.2, -0.15) is 8.42 Å². The Bertz CT molecular complexity index is 850. The van der Waals surface area contributed by atoms with Gasteiger partial charge in [0.1, 0.15) is 0 Å². The highest BCUT2D eigenvalue weighted by atomic mass is 35.5. The summed E-state index contributed by atoms with van der Waals surface area (Å²) >= 11 is 5.95. The molecule has 0 bridgehead atoms. The van der Waals surface area contributed by atoms with Crippen LogP contribution in [0.3, 0.4) is 0 Å². The number of nitrogens with two attached hydrogens (primary N) is 1. The van der Waals surface area contributed by atoms with Crippen molar-refractivity contribution in [3.05, 3.63) is 52.5 Å². The van der Waals surface area contributed by atoms with Crippen LogP contribution in [0.4, 0.5) is 11.4 Å². The molecule has 0 heterocycles. The number of benzene rings is 2. The van der Waals surface area contributed by atoms with Gasteiger partial charge >= 0.3 is 0 Å². The molecule has 2 rings (SSSR count). The molecule has 0 aliphatic rings. The van der Waals surface area contributed by atoms with Gasteiger partial charge in [-0.25, -0.2) is 0 Å². The van der Waals surface area contributed by atoms with Crippen molar-refractivity contribution in [3.63, 3.8) is 0 Å². The number of hydrogen-bond donors (Lipinski definition) is 3. The summed E-state index contributed by atoms with van der Waals surface area (Å²) < 4.78 is 31.1. The SMILES string of the molecule is Cc1cc(S(=O)(=O)O)ccc1NC(=O)c1cc(N)ccc1Cl. The van der Waals surface area contributed by atoms with Crippen molar-refractivity contribution in [3.8, 4) is 0 Å². The van der Waals surface area contributed by atoms with Crippen LogP contribution in [0.5, 0.6) is 0 Å². The molecule has 0 saturated heterocycles. The van der Waals surface area contributed by atoms with Gasteiger partial charge in [-0.1, -0.05) is 11.6 Å². The predicted octanol–water partition coefficient (Wildman–Crippen LogP) is 2.73. The fourth-order valence-corrected chi connectivity index (χ4v) is 2.61. The summed E-state index contributed by atoms with van der Waals surface area (Å²) in [7, 11) is -4.29. The molecule has 0 fully saturated rings. The molecule has 6 nitrogen and oxygen atoms in total. The Balaban J connectivity index is 2.31. The van der Waals surface area contributed by atoms with Crippen LogP contribution in [-0.4, -0.2) is 18.9 Å². The fraction of sp³-hybridized carbons (Fsp3) is 0.0714. The maximum Gasteiger partial charge on any atom is 0.294 e. The minimum atomic E-state index is -4.29. The average Bonchev–Trinajstić information content (AvgIpc) is 2.42. The van der Waals surface area contributed by atoms with Crippen LogP contribution < -0.4 is 11.1 Å². The zero-order valence-electron chi connectivity index (χ0n) is 11.5. The minimum Gasteiger partial charge on any atom is -0.399 e. The molecule has 116 valence electrons. The van der Waals surface area contributed by atoms with E-state index in [1.54, 1.807) is 13.0 Å². The van der Waals surface area contributed by atoms with E-state index in [0.717, 1.165) is 0 Å². The molecule has 0 unspecified atom stereocenters. The molecule has 8 heteroatoms. The van der Waals surface area contributed by atoms with Crippen LogP contribution in [0.2, 0.25) is 5.02 Å². The van der Waals surface area contributed by atoms with E-state index in [-0.39, 0.29) is 15.5 Å². The van der Waals surface area contributed by atoms with E-state index in [4.69, 9.17) is 21.9 Å². The van der Waals surface area contributed by atoms with E-state index in [2.05, 4.69) is 5.32 Å². The first kappa shape index (κ1) is 16.3. The van der Waals surface area contributed by atoms with E-state index in [9.17, 15) is 13.2 Å². The summed E-state index contributed by atoms with van der Waals surface area (Å²) in [4.78, 5) is 12.0. The predicted molar refractivity (Wildman–Crippen MR) is 84.8 cm³/mol. The number of nitrogen functional groups attached to an aromatic ring is 1. The number of aryl methyl sites for hydroxylation is 1. The van der Waals surface area contributed by atoms with Crippen molar-refractivity contribution < 1.29 is 17.8 Å². The lowest BCUT2D eigenvalue weighted by Gasteiger charge is -2.10. The van der Waals surface area contributed by atoms with Crippen molar-refractivity contribution in [2.45, 2.75) is 11.8 Å². The number of amides is 1. The number of rotatable bonds is 3. The van der Waals surface area contributed by atoms with Crippen LogP contribution >= 0.6 is 11.6 Å². The molecule has 0 saturated carbocycles. The number of carbonyl (C=O) groups is 1. The maximum atomic E-state index is 12.2. The van der Waals surface area contributed by atoms with Gasteiger partial charge in [0, 0.05) is 11.4 Å².